The van der Waals surface area contributed by atoms with Gasteiger partial charge >= 0.3 is 8.69 Å². The van der Waals surface area contributed by atoms with Gasteiger partial charge in [-0.2, -0.15) is 0 Å². The smallest absolute Gasteiger partial charge is 0.293 e. The van der Waals surface area contributed by atoms with Gasteiger partial charge in [-0.3, -0.25) is 4.52 Å². The SMILES string of the molecule is O=POCC[SH](=O)=O. The van der Waals surface area contributed by atoms with Crippen molar-refractivity contribution in [3.05, 3.63) is 0 Å². The van der Waals surface area contributed by atoms with Crippen molar-refractivity contribution >= 4 is 19.4 Å². The zero-order valence-corrected chi connectivity index (χ0v) is 5.73. The Kier molecular flexibility index (Phi) is 5.16. The summed E-state index contributed by atoms with van der Waals surface area (Å²) in [7, 11) is -2.85. The Labute approximate surface area is 50.1 Å². The molecular formula is C2H5O4PS. The van der Waals surface area contributed by atoms with Gasteiger partial charge in [-0.1, -0.05) is 0 Å². The molecule has 0 rings (SSSR count). The second-order valence-corrected chi connectivity index (χ2v) is 2.48. The highest BCUT2D eigenvalue weighted by atomic mass is 32.2. The molecule has 0 unspecified atom stereocenters. The van der Waals surface area contributed by atoms with E-state index < -0.39 is 19.4 Å². The van der Waals surface area contributed by atoms with Crippen LogP contribution in [0.3, 0.4) is 0 Å². The molecule has 0 aromatic heterocycles. The monoisotopic (exact) mass is 156 g/mol. The van der Waals surface area contributed by atoms with E-state index >= 15 is 0 Å². The van der Waals surface area contributed by atoms with Crippen LogP contribution >= 0.6 is 8.69 Å². The van der Waals surface area contributed by atoms with E-state index in [2.05, 4.69) is 4.52 Å². The van der Waals surface area contributed by atoms with Gasteiger partial charge in [0.05, 0.1) is 12.4 Å². The van der Waals surface area contributed by atoms with Crippen molar-refractivity contribution < 1.29 is 17.5 Å². The molecule has 4 nitrogen and oxygen atoms in total. The van der Waals surface area contributed by atoms with Crippen LogP contribution in [0, 0.1) is 0 Å². The Hall–Kier alpha value is 0.01000. The van der Waals surface area contributed by atoms with Crippen molar-refractivity contribution in [3.63, 3.8) is 0 Å². The van der Waals surface area contributed by atoms with E-state index in [4.69, 9.17) is 0 Å². The molecule has 0 saturated heterocycles. The maximum atomic E-state index is 9.73. The molecule has 0 heterocycles. The third kappa shape index (κ3) is 6.01. The van der Waals surface area contributed by atoms with Crippen molar-refractivity contribution in [1.82, 2.24) is 0 Å². The van der Waals surface area contributed by atoms with Gasteiger partial charge in [0.1, 0.15) is 10.7 Å². The van der Waals surface area contributed by atoms with Crippen LogP contribution in [0.2, 0.25) is 0 Å². The van der Waals surface area contributed by atoms with Gasteiger partial charge in [-0.15, -0.1) is 0 Å². The van der Waals surface area contributed by atoms with Crippen LogP contribution in [0.4, 0.5) is 0 Å². The highest BCUT2D eigenvalue weighted by Gasteiger charge is 1.85. The lowest BCUT2D eigenvalue weighted by atomic mass is 10.9. The summed E-state index contributed by atoms with van der Waals surface area (Å²) in [5, 5.41) is 0. The van der Waals surface area contributed by atoms with Gasteiger partial charge in [0.25, 0.3) is 0 Å². The molecule has 0 aromatic carbocycles. The molecular weight excluding hydrogens is 151 g/mol. The Morgan fingerprint density at radius 1 is 1.50 bits per heavy atom. The molecule has 0 aromatic rings. The first-order valence-electron chi connectivity index (χ1n) is 1.84. The molecule has 0 amide bonds. The summed E-state index contributed by atoms with van der Waals surface area (Å²) >= 11 is 0. The second kappa shape index (κ2) is 5.15. The molecule has 0 bridgehead atoms. The van der Waals surface area contributed by atoms with Crippen molar-refractivity contribution in [2.45, 2.75) is 0 Å². The van der Waals surface area contributed by atoms with E-state index in [9.17, 15) is 13.0 Å². The average molecular weight is 156 g/mol. The molecule has 0 saturated carbocycles. The molecule has 0 N–H and O–H groups in total. The van der Waals surface area contributed by atoms with Crippen LogP contribution in [0.5, 0.6) is 0 Å². The molecule has 0 aliphatic heterocycles. The molecule has 0 radical (unpaired) electrons. The van der Waals surface area contributed by atoms with Crippen molar-refractivity contribution in [2.24, 2.45) is 0 Å². The average Bonchev–Trinajstić information content (AvgIpc) is 1.66. The number of hydrogen-bond donors (Lipinski definition) is 1. The Balaban J connectivity index is 3.05. The zero-order chi connectivity index (χ0) is 6.41. The summed E-state index contributed by atoms with van der Waals surface area (Å²) < 4.78 is 33.1. The van der Waals surface area contributed by atoms with Crippen LogP contribution < -0.4 is 0 Å². The number of rotatable bonds is 4. The Morgan fingerprint density at radius 3 is 2.50 bits per heavy atom. The first-order valence-corrected chi connectivity index (χ1v) is 3.93. The fraction of sp³-hybridized carbons (Fsp3) is 1.00. The molecule has 0 aliphatic carbocycles. The van der Waals surface area contributed by atoms with E-state index in [1.54, 1.807) is 0 Å². The summed E-state index contributed by atoms with van der Waals surface area (Å²) in [4.78, 5) is 0. The topological polar surface area (TPSA) is 60.4 Å². The minimum atomic E-state index is -2.38. The molecule has 8 heavy (non-hydrogen) atoms. The Morgan fingerprint density at radius 2 is 2.12 bits per heavy atom. The zero-order valence-electron chi connectivity index (χ0n) is 3.94. The lowest BCUT2D eigenvalue weighted by Crippen LogP contribution is -1.93. The number of thiol groups is 1. The van der Waals surface area contributed by atoms with Gasteiger partial charge in [0, 0.05) is 0 Å². The van der Waals surface area contributed by atoms with Gasteiger partial charge in [-0.25, -0.2) is 13.0 Å². The van der Waals surface area contributed by atoms with Crippen molar-refractivity contribution in [1.29, 1.82) is 0 Å². The predicted molar refractivity (Wildman–Crippen MR) is 28.7 cm³/mol. The van der Waals surface area contributed by atoms with Gasteiger partial charge in [-0.05, 0) is 0 Å². The molecule has 48 valence electrons. The van der Waals surface area contributed by atoms with Crippen LogP contribution in [0.1, 0.15) is 0 Å². The summed E-state index contributed by atoms with van der Waals surface area (Å²) in [6.45, 7) is 0.00373. The largest absolute Gasteiger partial charge is 0.327 e. The molecule has 0 fully saturated rings. The summed E-state index contributed by atoms with van der Waals surface area (Å²) in [5.74, 6) is -0.0649. The van der Waals surface area contributed by atoms with Gasteiger partial charge in [0.15, 0.2) is 0 Å². The molecule has 0 atom stereocenters. The van der Waals surface area contributed by atoms with Gasteiger partial charge < -0.3 is 0 Å². The van der Waals surface area contributed by atoms with E-state index in [0.717, 1.165) is 0 Å². The third-order valence-electron chi connectivity index (χ3n) is 0.418. The second-order valence-electron chi connectivity index (χ2n) is 0.964. The molecule has 0 aliphatic rings. The fourth-order valence-electron chi connectivity index (χ4n) is 0.153. The maximum absolute atomic E-state index is 9.73. The van der Waals surface area contributed by atoms with Crippen LogP contribution in [-0.2, 0) is 19.8 Å². The molecule has 6 heteroatoms. The Bertz CT molecular complexity index is 122. The highest BCUT2D eigenvalue weighted by Crippen LogP contribution is 1.91. The lowest BCUT2D eigenvalue weighted by molar-refractivity contribution is 0.367. The normalized spacial score (nSPS) is 10.6. The fourth-order valence-corrected chi connectivity index (χ4v) is 0.703. The van der Waals surface area contributed by atoms with Crippen LogP contribution in [-0.4, -0.2) is 20.8 Å². The quantitative estimate of drug-likeness (QED) is 0.348. The minimum absolute atomic E-state index is 0.00373. The minimum Gasteiger partial charge on any atom is -0.293 e. The van der Waals surface area contributed by atoms with E-state index in [1.165, 1.54) is 0 Å². The maximum Gasteiger partial charge on any atom is 0.327 e. The van der Waals surface area contributed by atoms with Gasteiger partial charge in [0.2, 0.25) is 0 Å². The van der Waals surface area contributed by atoms with E-state index in [1.807, 2.05) is 0 Å². The first-order chi connectivity index (χ1) is 3.77. The van der Waals surface area contributed by atoms with Crippen LogP contribution in [0.25, 0.3) is 0 Å². The third-order valence-corrected chi connectivity index (χ3v) is 1.25. The first kappa shape index (κ1) is 8.01. The van der Waals surface area contributed by atoms with Crippen molar-refractivity contribution in [3.8, 4) is 0 Å². The van der Waals surface area contributed by atoms with Crippen LogP contribution in [0.15, 0.2) is 0 Å². The van der Waals surface area contributed by atoms with Crippen molar-refractivity contribution in [2.75, 3.05) is 12.4 Å². The standard InChI is InChI=1S/C2H5O4PS/c3-7-6-1-2-8(4)5/h8H,1-2H2. The summed E-state index contributed by atoms with van der Waals surface area (Å²) in [6, 6.07) is 0. The predicted octanol–water partition coefficient (Wildman–Crippen LogP) is -0.179. The number of hydrogen-bond acceptors (Lipinski definition) is 4. The lowest BCUT2D eigenvalue weighted by Gasteiger charge is -1.82. The summed E-state index contributed by atoms with van der Waals surface area (Å²) in [6.07, 6.45) is 0. The highest BCUT2D eigenvalue weighted by molar-refractivity contribution is 7.72. The van der Waals surface area contributed by atoms with E-state index in [0.29, 0.717) is 0 Å². The molecule has 0 spiro atoms. The van der Waals surface area contributed by atoms with E-state index in [-0.39, 0.29) is 12.4 Å². The summed E-state index contributed by atoms with van der Waals surface area (Å²) in [5.41, 5.74) is 0.